The number of alkyl halides is 1. The predicted octanol–water partition coefficient (Wildman–Crippen LogP) is 4.12. The van der Waals surface area contributed by atoms with Crippen LogP contribution in [-0.2, 0) is 6.54 Å². The van der Waals surface area contributed by atoms with Gasteiger partial charge >= 0.3 is 5.97 Å². The Hall–Kier alpha value is -4.67. The number of carboxylic acids is 1. The summed E-state index contributed by atoms with van der Waals surface area (Å²) in [5.74, 6) is -1.30. The molecule has 0 aliphatic heterocycles. The van der Waals surface area contributed by atoms with Crippen LogP contribution in [-0.4, -0.2) is 54.5 Å². The van der Waals surface area contributed by atoms with E-state index in [1.54, 1.807) is 48.5 Å². The van der Waals surface area contributed by atoms with E-state index in [4.69, 9.17) is 4.74 Å². The Morgan fingerprint density at radius 3 is 2.60 bits per heavy atom. The molecule has 176 valence electrons. The highest BCUT2D eigenvalue weighted by Crippen LogP contribution is 2.33. The number of halogens is 2. The van der Waals surface area contributed by atoms with Crippen molar-refractivity contribution >= 4 is 17.0 Å². The number of carbonyl (C=O) groups is 1. The SMILES string of the molecule is O=C(O)c1cccc2nc(OCCF)n(Cc3ccc(-c4ccccc4-c4nn[nH]n4)c(F)c3)c12. The van der Waals surface area contributed by atoms with Gasteiger partial charge in [0.1, 0.15) is 19.1 Å². The number of H-pyrrole nitrogens is 1. The maximum Gasteiger partial charge on any atom is 0.337 e. The van der Waals surface area contributed by atoms with Crippen LogP contribution >= 0.6 is 0 Å². The van der Waals surface area contributed by atoms with Crippen molar-refractivity contribution in [3.8, 4) is 28.5 Å². The van der Waals surface area contributed by atoms with E-state index in [-0.39, 0.29) is 24.7 Å². The van der Waals surface area contributed by atoms with Gasteiger partial charge in [0, 0.05) is 11.1 Å². The normalized spacial score (nSPS) is 11.1. The van der Waals surface area contributed by atoms with Crippen molar-refractivity contribution in [3.05, 3.63) is 77.6 Å². The third kappa shape index (κ3) is 4.19. The summed E-state index contributed by atoms with van der Waals surface area (Å²) in [4.78, 5) is 16.1. The summed E-state index contributed by atoms with van der Waals surface area (Å²) in [6, 6.07) is 16.5. The molecule has 0 fully saturated rings. The molecule has 0 bridgehead atoms. The zero-order chi connectivity index (χ0) is 24.4. The molecular formula is C24H18F2N6O3. The fourth-order valence-electron chi connectivity index (χ4n) is 3.97. The summed E-state index contributed by atoms with van der Waals surface area (Å²) in [5, 5.41) is 23.6. The minimum absolute atomic E-state index is 0.0104. The first-order valence-corrected chi connectivity index (χ1v) is 10.6. The summed E-state index contributed by atoms with van der Waals surface area (Å²) >= 11 is 0. The van der Waals surface area contributed by atoms with Crippen LogP contribution in [0.4, 0.5) is 8.78 Å². The highest BCUT2D eigenvalue weighted by atomic mass is 19.1. The molecule has 0 amide bonds. The lowest BCUT2D eigenvalue weighted by atomic mass is 9.97. The number of tetrazole rings is 1. The number of aromatic amines is 1. The molecule has 0 saturated carbocycles. The van der Waals surface area contributed by atoms with E-state index >= 15 is 4.39 Å². The summed E-state index contributed by atoms with van der Waals surface area (Å²) in [6.45, 7) is -0.921. The maximum atomic E-state index is 15.3. The second-order valence-corrected chi connectivity index (χ2v) is 7.59. The number of para-hydroxylation sites is 1. The van der Waals surface area contributed by atoms with E-state index in [1.807, 2.05) is 0 Å². The van der Waals surface area contributed by atoms with Crippen molar-refractivity contribution < 1.29 is 23.4 Å². The Balaban J connectivity index is 1.56. The van der Waals surface area contributed by atoms with E-state index in [9.17, 15) is 14.3 Å². The molecule has 35 heavy (non-hydrogen) atoms. The van der Waals surface area contributed by atoms with Crippen molar-refractivity contribution in [2.24, 2.45) is 0 Å². The van der Waals surface area contributed by atoms with Gasteiger partial charge in [-0.2, -0.15) is 10.2 Å². The molecule has 0 saturated heterocycles. The summed E-state index contributed by atoms with van der Waals surface area (Å²) in [5.41, 5.74) is 2.77. The molecule has 0 aliphatic carbocycles. The number of aromatic carboxylic acids is 1. The van der Waals surface area contributed by atoms with Gasteiger partial charge in [-0.05, 0) is 34.5 Å². The van der Waals surface area contributed by atoms with Gasteiger partial charge in [0.15, 0.2) is 0 Å². The van der Waals surface area contributed by atoms with Gasteiger partial charge < -0.3 is 9.84 Å². The molecule has 0 spiro atoms. The van der Waals surface area contributed by atoms with Gasteiger partial charge in [-0.25, -0.2) is 13.6 Å². The standard InChI is InChI=1S/C24H18F2N6O3/c25-10-11-35-24-27-20-7-3-6-18(23(33)34)21(20)32(24)13-14-8-9-16(19(26)12-14)15-4-1-2-5-17(15)22-28-30-31-29-22/h1-9,12H,10-11,13H2,(H,33,34)(H,28,29,30,31). The van der Waals surface area contributed by atoms with Crippen LogP contribution in [0.5, 0.6) is 6.01 Å². The first-order valence-electron chi connectivity index (χ1n) is 10.6. The van der Waals surface area contributed by atoms with Gasteiger partial charge in [0.05, 0.1) is 23.1 Å². The van der Waals surface area contributed by atoms with Crippen molar-refractivity contribution in [2.75, 3.05) is 13.3 Å². The van der Waals surface area contributed by atoms with E-state index < -0.39 is 18.5 Å². The minimum atomic E-state index is -1.15. The molecule has 5 rings (SSSR count). The largest absolute Gasteiger partial charge is 0.478 e. The Kier molecular flexibility index (Phi) is 5.88. The minimum Gasteiger partial charge on any atom is -0.478 e. The summed E-state index contributed by atoms with van der Waals surface area (Å²) in [6.07, 6.45) is 0. The van der Waals surface area contributed by atoms with E-state index in [2.05, 4.69) is 25.6 Å². The van der Waals surface area contributed by atoms with E-state index in [0.717, 1.165) is 0 Å². The second-order valence-electron chi connectivity index (χ2n) is 7.59. The number of hydrogen-bond acceptors (Lipinski definition) is 6. The summed E-state index contributed by atoms with van der Waals surface area (Å²) in [7, 11) is 0. The van der Waals surface area contributed by atoms with Gasteiger partial charge in [-0.3, -0.25) is 4.57 Å². The van der Waals surface area contributed by atoms with Crippen LogP contribution in [0.2, 0.25) is 0 Å². The van der Waals surface area contributed by atoms with Crippen LogP contribution in [0.15, 0.2) is 60.7 Å². The zero-order valence-corrected chi connectivity index (χ0v) is 18.2. The molecule has 2 aromatic heterocycles. The molecule has 5 aromatic rings. The highest BCUT2D eigenvalue weighted by molar-refractivity contribution is 6.01. The third-order valence-electron chi connectivity index (χ3n) is 5.45. The predicted molar refractivity (Wildman–Crippen MR) is 122 cm³/mol. The number of imidazole rings is 1. The number of fused-ring (bicyclic) bond motifs is 1. The molecule has 11 heteroatoms. The molecule has 2 heterocycles. The topological polar surface area (TPSA) is 119 Å². The first kappa shape index (κ1) is 22.1. The number of nitrogens with one attached hydrogen (secondary N) is 1. The lowest BCUT2D eigenvalue weighted by Gasteiger charge is -2.13. The average Bonchev–Trinajstić information content (AvgIpc) is 3.51. The Morgan fingerprint density at radius 1 is 1.06 bits per heavy atom. The van der Waals surface area contributed by atoms with Crippen molar-refractivity contribution in [1.29, 1.82) is 0 Å². The Labute approximate surface area is 197 Å². The molecular weight excluding hydrogens is 458 g/mol. The highest BCUT2D eigenvalue weighted by Gasteiger charge is 2.20. The lowest BCUT2D eigenvalue weighted by Crippen LogP contribution is -2.09. The number of hydrogen-bond donors (Lipinski definition) is 2. The Morgan fingerprint density at radius 2 is 1.89 bits per heavy atom. The number of benzene rings is 3. The number of carboxylic acid groups (broad SMARTS) is 1. The van der Waals surface area contributed by atoms with Crippen LogP contribution < -0.4 is 4.74 Å². The molecule has 3 aromatic carbocycles. The quantitative estimate of drug-likeness (QED) is 0.346. The van der Waals surface area contributed by atoms with Crippen LogP contribution in [0.3, 0.4) is 0 Å². The van der Waals surface area contributed by atoms with Crippen molar-refractivity contribution in [3.63, 3.8) is 0 Å². The second kappa shape index (κ2) is 9.29. The Bertz CT molecular complexity index is 1520. The van der Waals surface area contributed by atoms with Gasteiger partial charge in [0.2, 0.25) is 5.82 Å². The van der Waals surface area contributed by atoms with Crippen LogP contribution in [0, 0.1) is 5.82 Å². The summed E-state index contributed by atoms with van der Waals surface area (Å²) < 4.78 is 35.1. The van der Waals surface area contributed by atoms with Crippen molar-refractivity contribution in [1.82, 2.24) is 30.2 Å². The number of rotatable bonds is 8. The van der Waals surface area contributed by atoms with Gasteiger partial charge in [-0.1, -0.05) is 42.5 Å². The third-order valence-corrected chi connectivity index (χ3v) is 5.45. The lowest BCUT2D eigenvalue weighted by molar-refractivity contribution is 0.0698. The van der Waals surface area contributed by atoms with Crippen LogP contribution in [0.25, 0.3) is 33.5 Å². The molecule has 0 aliphatic rings. The molecule has 0 radical (unpaired) electrons. The zero-order valence-electron chi connectivity index (χ0n) is 18.2. The number of ether oxygens (including phenoxy) is 1. The molecule has 0 atom stereocenters. The fourth-order valence-corrected chi connectivity index (χ4v) is 3.97. The molecule has 9 nitrogen and oxygen atoms in total. The average molecular weight is 476 g/mol. The fraction of sp³-hybridized carbons (Fsp3) is 0.125. The van der Waals surface area contributed by atoms with E-state index in [1.165, 1.54) is 16.7 Å². The number of nitrogens with zero attached hydrogens (tertiary/aromatic N) is 5. The molecule has 2 N–H and O–H groups in total. The first-order chi connectivity index (χ1) is 17.1. The number of aromatic nitrogens is 6. The van der Waals surface area contributed by atoms with E-state index in [0.29, 0.717) is 39.1 Å². The molecule has 0 unspecified atom stereocenters. The van der Waals surface area contributed by atoms with Gasteiger partial charge in [-0.15, -0.1) is 10.2 Å². The maximum absolute atomic E-state index is 15.3. The van der Waals surface area contributed by atoms with Crippen molar-refractivity contribution in [2.45, 2.75) is 6.54 Å². The monoisotopic (exact) mass is 476 g/mol. The van der Waals surface area contributed by atoms with Gasteiger partial charge in [0.25, 0.3) is 6.01 Å². The smallest absolute Gasteiger partial charge is 0.337 e. The van der Waals surface area contributed by atoms with Crippen LogP contribution in [0.1, 0.15) is 15.9 Å².